The van der Waals surface area contributed by atoms with Crippen LogP contribution in [0.3, 0.4) is 0 Å². The lowest BCUT2D eigenvalue weighted by Crippen LogP contribution is -2.30. The van der Waals surface area contributed by atoms with Crippen LogP contribution in [0.4, 0.5) is 0 Å². The number of fused-ring (bicyclic) bond motifs is 1. The number of rotatable bonds is 5. The summed E-state index contributed by atoms with van der Waals surface area (Å²) in [6.45, 7) is 0. The van der Waals surface area contributed by atoms with Crippen LogP contribution in [0.25, 0.3) is 11.0 Å². The number of methoxy groups -OCH3 is 1. The molecular formula is C14H15NO5. The molecule has 6 nitrogen and oxygen atoms in total. The molecular weight excluding hydrogens is 262 g/mol. The van der Waals surface area contributed by atoms with Gasteiger partial charge in [-0.2, -0.15) is 0 Å². The number of hydrogen-bond acceptors (Lipinski definition) is 5. The third-order valence-corrected chi connectivity index (χ3v) is 3.10. The zero-order valence-corrected chi connectivity index (χ0v) is 11.0. The molecule has 0 aliphatic heterocycles. The van der Waals surface area contributed by atoms with Gasteiger partial charge in [0.1, 0.15) is 11.6 Å². The summed E-state index contributed by atoms with van der Waals surface area (Å²) in [5.74, 6) is -0.975. The van der Waals surface area contributed by atoms with E-state index < -0.39 is 17.6 Å². The maximum absolute atomic E-state index is 11.8. The van der Waals surface area contributed by atoms with Crippen molar-refractivity contribution >= 4 is 16.9 Å². The van der Waals surface area contributed by atoms with E-state index in [4.69, 9.17) is 20.0 Å². The van der Waals surface area contributed by atoms with Crippen molar-refractivity contribution in [2.75, 3.05) is 7.11 Å². The summed E-state index contributed by atoms with van der Waals surface area (Å²) < 4.78 is 10.2. The first-order valence-electron chi connectivity index (χ1n) is 6.11. The van der Waals surface area contributed by atoms with Crippen LogP contribution in [0.15, 0.2) is 33.5 Å². The number of para-hydroxylation sites is 1. The molecule has 0 radical (unpaired) electrons. The zero-order valence-electron chi connectivity index (χ0n) is 11.0. The van der Waals surface area contributed by atoms with Crippen molar-refractivity contribution in [1.29, 1.82) is 0 Å². The topological polar surface area (TPSA) is 103 Å². The Morgan fingerprint density at radius 3 is 2.80 bits per heavy atom. The predicted octanol–water partition coefficient (Wildman–Crippen LogP) is 1.15. The first kappa shape index (κ1) is 14.1. The first-order valence-corrected chi connectivity index (χ1v) is 6.11. The van der Waals surface area contributed by atoms with Crippen molar-refractivity contribution in [3.05, 3.63) is 40.2 Å². The Morgan fingerprint density at radius 1 is 1.45 bits per heavy atom. The van der Waals surface area contributed by atoms with Gasteiger partial charge in [-0.15, -0.1) is 0 Å². The molecule has 1 aromatic carbocycles. The van der Waals surface area contributed by atoms with Crippen molar-refractivity contribution in [3.8, 4) is 5.75 Å². The molecule has 0 bridgehead atoms. The zero-order chi connectivity index (χ0) is 14.7. The van der Waals surface area contributed by atoms with Crippen LogP contribution in [0.1, 0.15) is 12.0 Å². The van der Waals surface area contributed by atoms with Crippen LogP contribution in [0.5, 0.6) is 5.75 Å². The highest BCUT2D eigenvalue weighted by molar-refractivity contribution is 5.82. The normalized spacial score (nSPS) is 12.3. The second-order valence-corrected chi connectivity index (χ2v) is 4.38. The van der Waals surface area contributed by atoms with Gasteiger partial charge in [-0.25, -0.2) is 4.79 Å². The van der Waals surface area contributed by atoms with Gasteiger partial charge in [0.25, 0.3) is 0 Å². The lowest BCUT2D eigenvalue weighted by atomic mass is 10.0. The van der Waals surface area contributed by atoms with Gasteiger partial charge in [0.05, 0.1) is 7.11 Å². The summed E-state index contributed by atoms with van der Waals surface area (Å²) in [6.07, 6.45) is 0.530. The maximum Gasteiger partial charge on any atom is 0.379 e. The summed E-state index contributed by atoms with van der Waals surface area (Å²) in [5, 5.41) is 9.54. The second kappa shape index (κ2) is 5.75. The Bertz CT molecular complexity index is 692. The number of aliphatic carboxylic acids is 1. The molecule has 1 unspecified atom stereocenters. The van der Waals surface area contributed by atoms with Crippen molar-refractivity contribution in [1.82, 2.24) is 0 Å². The monoisotopic (exact) mass is 277 g/mol. The molecule has 1 atom stereocenters. The number of benzene rings is 1. The lowest BCUT2D eigenvalue weighted by Gasteiger charge is -2.11. The molecule has 0 spiro atoms. The van der Waals surface area contributed by atoms with E-state index >= 15 is 0 Å². The van der Waals surface area contributed by atoms with Crippen LogP contribution in [-0.4, -0.2) is 24.2 Å². The average Bonchev–Trinajstić information content (AvgIpc) is 2.43. The van der Waals surface area contributed by atoms with Crippen molar-refractivity contribution < 1.29 is 19.1 Å². The summed E-state index contributed by atoms with van der Waals surface area (Å²) in [7, 11) is 1.38. The average molecular weight is 277 g/mol. The Kier molecular flexibility index (Phi) is 4.05. The van der Waals surface area contributed by atoms with E-state index in [1.54, 1.807) is 18.2 Å². The molecule has 0 aliphatic carbocycles. The Hall–Kier alpha value is -2.34. The standard InChI is InChI=1S/C14H15NO5/c1-19-12-9(6-7-10(15)13(16)17)8-4-2-3-5-11(8)20-14(12)18/h2-5,10H,6-7,15H2,1H3,(H,16,17). The van der Waals surface area contributed by atoms with E-state index in [2.05, 4.69) is 0 Å². The van der Waals surface area contributed by atoms with Gasteiger partial charge in [0.2, 0.25) is 5.75 Å². The highest BCUT2D eigenvalue weighted by atomic mass is 16.5. The van der Waals surface area contributed by atoms with E-state index in [0.29, 0.717) is 17.6 Å². The van der Waals surface area contributed by atoms with Crippen LogP contribution in [0, 0.1) is 0 Å². The maximum atomic E-state index is 11.8. The van der Waals surface area contributed by atoms with Crippen molar-refractivity contribution in [2.24, 2.45) is 5.73 Å². The predicted molar refractivity (Wildman–Crippen MR) is 73.0 cm³/mol. The molecule has 6 heteroatoms. The number of ether oxygens (including phenoxy) is 1. The second-order valence-electron chi connectivity index (χ2n) is 4.38. The Morgan fingerprint density at radius 2 is 2.15 bits per heavy atom. The molecule has 3 N–H and O–H groups in total. The Labute approximate surface area is 114 Å². The molecule has 20 heavy (non-hydrogen) atoms. The summed E-state index contributed by atoms with van der Waals surface area (Å²) in [6, 6.07) is 6.05. The minimum absolute atomic E-state index is 0.0984. The summed E-state index contributed by atoms with van der Waals surface area (Å²) >= 11 is 0. The molecule has 2 aromatic rings. The molecule has 1 aromatic heterocycles. The largest absolute Gasteiger partial charge is 0.490 e. The number of hydrogen-bond donors (Lipinski definition) is 2. The van der Waals surface area contributed by atoms with Gasteiger partial charge >= 0.3 is 11.6 Å². The van der Waals surface area contributed by atoms with Gasteiger partial charge in [0, 0.05) is 10.9 Å². The molecule has 0 fully saturated rings. The summed E-state index contributed by atoms with van der Waals surface area (Å²) in [5.41, 5.74) is 5.98. The number of carbonyl (C=O) groups is 1. The molecule has 2 rings (SSSR count). The van der Waals surface area contributed by atoms with Crippen molar-refractivity contribution in [3.63, 3.8) is 0 Å². The fraction of sp³-hybridized carbons (Fsp3) is 0.286. The Balaban J connectivity index is 2.48. The third-order valence-electron chi connectivity index (χ3n) is 3.10. The summed E-state index contributed by atoms with van der Waals surface area (Å²) in [4.78, 5) is 22.6. The first-order chi connectivity index (χ1) is 9.54. The smallest absolute Gasteiger partial charge is 0.379 e. The van der Waals surface area contributed by atoms with Gasteiger partial charge in [-0.1, -0.05) is 18.2 Å². The minimum atomic E-state index is -1.07. The molecule has 106 valence electrons. The highest BCUT2D eigenvalue weighted by Gasteiger charge is 2.18. The number of nitrogens with two attached hydrogens (primary N) is 1. The van der Waals surface area contributed by atoms with E-state index in [1.165, 1.54) is 7.11 Å². The van der Waals surface area contributed by atoms with Crippen LogP contribution >= 0.6 is 0 Å². The quantitative estimate of drug-likeness (QED) is 0.794. The van der Waals surface area contributed by atoms with Gasteiger partial charge in [-0.05, 0) is 18.9 Å². The van der Waals surface area contributed by atoms with Gasteiger partial charge < -0.3 is 20.0 Å². The third kappa shape index (κ3) is 2.65. The SMILES string of the molecule is COc1c(CCC(N)C(=O)O)c2ccccc2oc1=O. The van der Waals surface area contributed by atoms with E-state index in [9.17, 15) is 9.59 Å². The fourth-order valence-electron chi connectivity index (χ4n) is 2.07. The van der Waals surface area contributed by atoms with Crippen LogP contribution in [0.2, 0.25) is 0 Å². The van der Waals surface area contributed by atoms with Crippen LogP contribution < -0.4 is 16.1 Å². The molecule has 0 aliphatic rings. The highest BCUT2D eigenvalue weighted by Crippen LogP contribution is 2.25. The number of carboxylic acid groups (broad SMARTS) is 1. The van der Waals surface area contributed by atoms with E-state index in [1.807, 2.05) is 6.07 Å². The van der Waals surface area contributed by atoms with Crippen LogP contribution in [-0.2, 0) is 11.2 Å². The molecule has 0 saturated heterocycles. The van der Waals surface area contributed by atoms with Gasteiger partial charge in [0.15, 0.2) is 0 Å². The lowest BCUT2D eigenvalue weighted by molar-refractivity contribution is -0.138. The number of aryl methyl sites for hydroxylation is 1. The van der Waals surface area contributed by atoms with E-state index in [0.717, 1.165) is 5.39 Å². The number of carboxylic acids is 1. The van der Waals surface area contributed by atoms with E-state index in [-0.39, 0.29) is 12.2 Å². The molecule has 1 heterocycles. The molecule has 0 saturated carbocycles. The minimum Gasteiger partial charge on any atom is -0.490 e. The molecule has 0 amide bonds. The fourth-order valence-corrected chi connectivity index (χ4v) is 2.07. The van der Waals surface area contributed by atoms with Gasteiger partial charge in [-0.3, -0.25) is 4.79 Å². The van der Waals surface area contributed by atoms with Crippen molar-refractivity contribution in [2.45, 2.75) is 18.9 Å².